The number of allylic oxidation sites excluding steroid dienone is 1. The highest BCUT2D eigenvalue weighted by Crippen LogP contribution is 2.22. The number of alkyl halides is 3. The van der Waals surface area contributed by atoms with Crippen LogP contribution in [0.4, 0.5) is 13.2 Å². The summed E-state index contributed by atoms with van der Waals surface area (Å²) < 4.78 is 58.9. The molecule has 1 aliphatic heterocycles. The van der Waals surface area contributed by atoms with Gasteiger partial charge in [0.05, 0.1) is 10.9 Å². The van der Waals surface area contributed by atoms with Crippen LogP contribution in [0.25, 0.3) is 0 Å². The van der Waals surface area contributed by atoms with Crippen molar-refractivity contribution in [2.75, 3.05) is 5.75 Å². The number of hydrogen-bond acceptors (Lipinski definition) is 4. The maximum atomic E-state index is 10.7. The second kappa shape index (κ2) is 7.19. The van der Waals surface area contributed by atoms with Gasteiger partial charge in [-0.2, -0.15) is 13.2 Å². The molecular weight excluding hydrogens is 329 g/mol. The molecule has 0 amide bonds. The summed E-state index contributed by atoms with van der Waals surface area (Å²) in [6.07, 6.45) is 4.78. The van der Waals surface area contributed by atoms with Crippen LogP contribution in [-0.4, -0.2) is 29.3 Å². The minimum absolute atomic E-state index is 0.292. The Balaban J connectivity index is 0.000000240. The summed E-state index contributed by atoms with van der Waals surface area (Å²) in [6.45, 7) is 0. The molecule has 0 saturated heterocycles. The van der Waals surface area contributed by atoms with Gasteiger partial charge in [-0.1, -0.05) is 0 Å². The monoisotopic (exact) mass is 342 g/mol. The molecule has 4 nitrogen and oxygen atoms in total. The highest BCUT2D eigenvalue weighted by molar-refractivity contribution is 7.99. The highest BCUT2D eigenvalue weighted by atomic mass is 32.2. The van der Waals surface area contributed by atoms with Crippen LogP contribution in [0.3, 0.4) is 0 Å². The molecule has 1 unspecified atom stereocenters. The number of hydrogen-bond donors (Lipinski definition) is 1. The summed E-state index contributed by atoms with van der Waals surface area (Å²) in [6, 6.07) is 7.58. The lowest BCUT2D eigenvalue weighted by atomic mass is 10.3. The molecule has 1 aromatic rings. The fourth-order valence-electron chi connectivity index (χ4n) is 1.43. The molecule has 118 valence electrons. The van der Waals surface area contributed by atoms with Crippen LogP contribution in [-0.2, 0) is 21.0 Å². The van der Waals surface area contributed by atoms with E-state index in [1.807, 2.05) is 12.1 Å². The molecule has 2 rings (SSSR count). The predicted octanol–water partition coefficient (Wildman–Crippen LogP) is 2.73. The zero-order chi connectivity index (χ0) is 16.1. The van der Waals surface area contributed by atoms with Crippen LogP contribution in [0.2, 0.25) is 0 Å². The van der Waals surface area contributed by atoms with E-state index in [0.29, 0.717) is 16.6 Å². The van der Waals surface area contributed by atoms with Gasteiger partial charge in [0.15, 0.2) is 15.0 Å². The fourth-order valence-corrected chi connectivity index (χ4v) is 3.29. The Bertz CT molecular complexity index is 580. The molecule has 21 heavy (non-hydrogen) atoms. The van der Waals surface area contributed by atoms with Gasteiger partial charge in [-0.25, -0.2) is 8.42 Å². The molecule has 0 saturated carbocycles. The Morgan fingerprint density at radius 1 is 1.19 bits per heavy atom. The summed E-state index contributed by atoms with van der Waals surface area (Å²) in [5, 5.41) is 11.4. The van der Waals surface area contributed by atoms with E-state index in [-0.39, 0.29) is 0 Å². The summed E-state index contributed by atoms with van der Waals surface area (Å²) in [5.74, 6) is 1.62. The first-order chi connectivity index (χ1) is 9.61. The minimum Gasteiger partial charge on any atom is -0.741 e. The van der Waals surface area contributed by atoms with Crippen LogP contribution in [0, 0.1) is 0 Å². The van der Waals surface area contributed by atoms with Gasteiger partial charge >= 0.3 is 5.51 Å². The number of halogens is 3. The van der Waals surface area contributed by atoms with Crippen LogP contribution < -0.4 is 0 Å². The number of phenolic OH excluding ortho intramolecular Hbond substituents is 1. The summed E-state index contributed by atoms with van der Waals surface area (Å²) >= 11 is 0. The number of phenols is 1. The summed E-state index contributed by atoms with van der Waals surface area (Å²) in [7, 11) is -5.80. The molecule has 1 heterocycles. The molecule has 1 atom stereocenters. The molecule has 0 aromatic heterocycles. The average molecular weight is 342 g/mol. The fraction of sp³-hybridized carbons (Fsp3) is 0.333. The molecule has 0 aliphatic carbocycles. The zero-order valence-electron chi connectivity index (χ0n) is 10.7. The minimum atomic E-state index is -6.09. The molecule has 0 bridgehead atoms. The smallest absolute Gasteiger partial charge is 0.485 e. The van der Waals surface area contributed by atoms with E-state index in [1.54, 1.807) is 12.1 Å². The van der Waals surface area contributed by atoms with Crippen molar-refractivity contribution in [3.05, 3.63) is 35.7 Å². The Morgan fingerprint density at radius 3 is 2.10 bits per heavy atom. The normalized spacial score (nSPS) is 18.8. The van der Waals surface area contributed by atoms with Gasteiger partial charge in [-0.15, -0.1) is 0 Å². The summed E-state index contributed by atoms with van der Waals surface area (Å²) in [4.78, 5) is 1.34. The van der Waals surface area contributed by atoms with Crippen molar-refractivity contribution in [2.24, 2.45) is 0 Å². The van der Waals surface area contributed by atoms with Crippen molar-refractivity contribution < 1.29 is 31.2 Å². The molecule has 0 fully saturated rings. The molecule has 1 aliphatic rings. The van der Waals surface area contributed by atoms with Gasteiger partial charge in [-0.3, -0.25) is 0 Å². The van der Waals surface area contributed by atoms with Crippen molar-refractivity contribution >= 4 is 21.0 Å². The van der Waals surface area contributed by atoms with Crippen molar-refractivity contribution in [2.45, 2.75) is 23.2 Å². The standard InChI is InChI=1S/C11H12OS.CHF3O3S/c12-10-4-6-11(7-5-10)13-8-2-1-3-9-13;2-1(3,4)8(5,6)7/h2,4-8H,1,3,9H2;(H,5,6,7). The van der Waals surface area contributed by atoms with E-state index in [9.17, 15) is 13.2 Å². The van der Waals surface area contributed by atoms with Crippen molar-refractivity contribution in [3.63, 3.8) is 0 Å². The third-order valence-electron chi connectivity index (χ3n) is 2.42. The Kier molecular flexibility index (Phi) is 6.11. The number of rotatable bonds is 1. The van der Waals surface area contributed by atoms with E-state index in [1.165, 1.54) is 23.5 Å². The van der Waals surface area contributed by atoms with Gasteiger partial charge in [-0.05, 0) is 43.2 Å². The van der Waals surface area contributed by atoms with E-state index in [2.05, 4.69) is 11.5 Å². The first kappa shape index (κ1) is 17.9. The van der Waals surface area contributed by atoms with Crippen molar-refractivity contribution in [1.82, 2.24) is 0 Å². The molecule has 1 N–H and O–H groups in total. The third kappa shape index (κ3) is 5.98. The van der Waals surface area contributed by atoms with Crippen molar-refractivity contribution in [3.8, 4) is 5.75 Å². The van der Waals surface area contributed by atoms with Crippen LogP contribution in [0.15, 0.2) is 40.6 Å². The predicted molar refractivity (Wildman–Crippen MR) is 72.7 cm³/mol. The van der Waals surface area contributed by atoms with Gasteiger partial charge in [0.1, 0.15) is 16.9 Å². The number of aromatic hydroxyl groups is 1. The summed E-state index contributed by atoms with van der Waals surface area (Å²) in [5.41, 5.74) is -5.65. The van der Waals surface area contributed by atoms with E-state index in [0.717, 1.165) is 0 Å². The lowest BCUT2D eigenvalue weighted by Gasteiger charge is -2.08. The van der Waals surface area contributed by atoms with Gasteiger partial charge in [0.25, 0.3) is 0 Å². The molecule has 0 spiro atoms. The Morgan fingerprint density at radius 2 is 1.71 bits per heavy atom. The first-order valence-corrected chi connectivity index (χ1v) is 8.65. The second-order valence-electron chi connectivity index (χ2n) is 4.04. The molecule has 9 heteroatoms. The average Bonchev–Trinajstić information content (AvgIpc) is 2.39. The third-order valence-corrected chi connectivity index (χ3v) is 5.11. The zero-order valence-corrected chi connectivity index (χ0v) is 12.3. The number of benzene rings is 1. The van der Waals surface area contributed by atoms with Gasteiger partial charge in [0.2, 0.25) is 0 Å². The SMILES string of the molecule is O=S(=O)([O-])C(F)(F)F.Oc1ccc([S+]2C=CCCC2)cc1. The first-order valence-electron chi connectivity index (χ1n) is 5.79. The van der Waals surface area contributed by atoms with E-state index < -0.39 is 15.6 Å². The largest absolute Gasteiger partial charge is 0.741 e. The topological polar surface area (TPSA) is 77.4 Å². The Labute approximate surface area is 123 Å². The maximum absolute atomic E-state index is 10.7. The quantitative estimate of drug-likeness (QED) is 0.484. The van der Waals surface area contributed by atoms with Crippen LogP contribution in [0.1, 0.15) is 12.8 Å². The van der Waals surface area contributed by atoms with Crippen molar-refractivity contribution in [1.29, 1.82) is 0 Å². The maximum Gasteiger partial charge on any atom is 0.485 e. The van der Waals surface area contributed by atoms with Gasteiger partial charge < -0.3 is 9.66 Å². The lowest BCUT2D eigenvalue weighted by molar-refractivity contribution is -0.0517. The second-order valence-corrected chi connectivity index (χ2v) is 7.42. The highest BCUT2D eigenvalue weighted by Gasteiger charge is 2.36. The molecule has 1 aromatic carbocycles. The molecular formula is C12H13F3O4S2. The Hall–Kier alpha value is -1.19. The van der Waals surface area contributed by atoms with E-state index >= 15 is 0 Å². The van der Waals surface area contributed by atoms with Crippen LogP contribution in [0.5, 0.6) is 5.75 Å². The molecule has 0 radical (unpaired) electrons. The van der Waals surface area contributed by atoms with Gasteiger partial charge in [0, 0.05) is 0 Å². The van der Waals surface area contributed by atoms with Crippen LogP contribution >= 0.6 is 0 Å². The van der Waals surface area contributed by atoms with E-state index in [4.69, 9.17) is 18.1 Å². The lowest BCUT2D eigenvalue weighted by Crippen LogP contribution is -2.21.